The molecule has 0 spiro atoms. The average molecular weight is 333 g/mol. The first-order valence-electron chi connectivity index (χ1n) is 8.00. The molecule has 4 rings (SSSR count). The summed E-state index contributed by atoms with van der Waals surface area (Å²) in [5, 5.41) is 11.0. The Morgan fingerprint density at radius 1 is 1.00 bits per heavy atom. The Hall–Kier alpha value is -3.28. The molecule has 1 unspecified atom stereocenters. The van der Waals surface area contributed by atoms with Gasteiger partial charge in [-0.05, 0) is 18.1 Å². The molecule has 2 aromatic carbocycles. The smallest absolute Gasteiger partial charge is 0.160 e. The Morgan fingerprint density at radius 3 is 2.64 bits per heavy atom. The van der Waals surface area contributed by atoms with Crippen LogP contribution in [-0.4, -0.2) is 20.2 Å². The number of hydrogen-bond donors (Lipinski definition) is 2. The van der Waals surface area contributed by atoms with E-state index in [1.807, 2.05) is 36.4 Å². The van der Waals surface area contributed by atoms with E-state index in [0.717, 1.165) is 10.9 Å². The van der Waals surface area contributed by atoms with E-state index in [2.05, 4.69) is 25.5 Å². The number of benzene rings is 2. The number of anilines is 1. The molecule has 0 aliphatic carbocycles. The quantitative estimate of drug-likeness (QED) is 0.581. The van der Waals surface area contributed by atoms with Crippen molar-refractivity contribution in [2.24, 2.45) is 0 Å². The van der Waals surface area contributed by atoms with Crippen molar-refractivity contribution in [3.05, 3.63) is 84.1 Å². The van der Waals surface area contributed by atoms with E-state index in [1.54, 1.807) is 18.3 Å². The highest BCUT2D eigenvalue weighted by Gasteiger charge is 2.18. The highest BCUT2D eigenvalue weighted by Crippen LogP contribution is 2.27. The van der Waals surface area contributed by atoms with E-state index in [-0.39, 0.29) is 11.9 Å². The van der Waals surface area contributed by atoms with Gasteiger partial charge in [-0.15, -0.1) is 0 Å². The molecule has 6 heteroatoms. The Balaban J connectivity index is 1.72. The number of rotatable bonds is 5. The third-order valence-corrected chi connectivity index (χ3v) is 4.12. The first kappa shape index (κ1) is 15.3. The van der Waals surface area contributed by atoms with E-state index < -0.39 is 0 Å². The second-order valence-corrected chi connectivity index (χ2v) is 5.76. The number of hydrogen-bond acceptors (Lipinski definition) is 4. The second-order valence-electron chi connectivity index (χ2n) is 5.76. The molecule has 4 aromatic rings. The highest BCUT2D eigenvalue weighted by molar-refractivity contribution is 5.85. The molecule has 0 saturated carbocycles. The second kappa shape index (κ2) is 6.68. The zero-order chi connectivity index (χ0) is 17.1. The van der Waals surface area contributed by atoms with Gasteiger partial charge < -0.3 is 5.32 Å². The minimum absolute atomic E-state index is 0.242. The summed E-state index contributed by atoms with van der Waals surface area (Å²) >= 11 is 0. The van der Waals surface area contributed by atoms with Gasteiger partial charge in [-0.25, -0.2) is 14.4 Å². The van der Waals surface area contributed by atoms with Crippen molar-refractivity contribution in [3.63, 3.8) is 0 Å². The van der Waals surface area contributed by atoms with Gasteiger partial charge in [0.15, 0.2) is 5.65 Å². The van der Waals surface area contributed by atoms with Crippen LogP contribution in [-0.2, 0) is 6.42 Å². The summed E-state index contributed by atoms with van der Waals surface area (Å²) in [6.45, 7) is 0. The lowest BCUT2D eigenvalue weighted by atomic mass is 9.98. The van der Waals surface area contributed by atoms with E-state index in [0.29, 0.717) is 23.4 Å². The monoisotopic (exact) mass is 333 g/mol. The lowest BCUT2D eigenvalue weighted by Gasteiger charge is -2.21. The van der Waals surface area contributed by atoms with Crippen molar-refractivity contribution in [1.82, 2.24) is 20.2 Å². The van der Waals surface area contributed by atoms with Gasteiger partial charge >= 0.3 is 0 Å². The normalized spacial score (nSPS) is 12.2. The van der Waals surface area contributed by atoms with Gasteiger partial charge in [0.2, 0.25) is 0 Å². The summed E-state index contributed by atoms with van der Waals surface area (Å²) in [6.07, 6.45) is 3.76. The molecule has 2 heterocycles. The molecular formula is C19H16FN5. The SMILES string of the molecule is Fc1ccccc1C(Cc1ccccc1)Nc1ncnc2[nH]ncc12. The van der Waals surface area contributed by atoms with Gasteiger partial charge in [0.25, 0.3) is 0 Å². The predicted molar refractivity (Wildman–Crippen MR) is 94.6 cm³/mol. The first-order valence-corrected chi connectivity index (χ1v) is 8.00. The fraction of sp³-hybridized carbons (Fsp3) is 0.105. The molecule has 2 N–H and O–H groups in total. The molecule has 0 bridgehead atoms. The van der Waals surface area contributed by atoms with Crippen LogP contribution in [0.4, 0.5) is 10.2 Å². The minimum atomic E-state index is -0.267. The molecule has 5 nitrogen and oxygen atoms in total. The molecule has 0 aliphatic heterocycles. The van der Waals surface area contributed by atoms with Crippen LogP contribution in [0.25, 0.3) is 11.0 Å². The Labute approximate surface area is 144 Å². The van der Waals surface area contributed by atoms with Crippen LogP contribution in [0.1, 0.15) is 17.2 Å². The van der Waals surface area contributed by atoms with Gasteiger partial charge in [-0.1, -0.05) is 48.5 Å². The number of aromatic nitrogens is 4. The molecule has 0 fully saturated rings. The summed E-state index contributed by atoms with van der Waals surface area (Å²) in [5.41, 5.74) is 2.35. The summed E-state index contributed by atoms with van der Waals surface area (Å²) in [5.74, 6) is 0.386. The molecule has 0 aliphatic rings. The fourth-order valence-electron chi connectivity index (χ4n) is 2.89. The molecule has 124 valence electrons. The van der Waals surface area contributed by atoms with Crippen molar-refractivity contribution < 1.29 is 4.39 Å². The number of H-pyrrole nitrogens is 1. The lowest BCUT2D eigenvalue weighted by molar-refractivity contribution is 0.590. The molecule has 1 atom stereocenters. The third-order valence-electron chi connectivity index (χ3n) is 4.12. The number of aromatic amines is 1. The van der Waals surface area contributed by atoms with Crippen molar-refractivity contribution in [2.45, 2.75) is 12.5 Å². The van der Waals surface area contributed by atoms with Gasteiger partial charge in [0, 0.05) is 5.56 Å². The zero-order valence-electron chi connectivity index (χ0n) is 13.4. The Kier molecular flexibility index (Phi) is 4.08. The molecule has 0 saturated heterocycles. The molecule has 0 radical (unpaired) electrons. The van der Waals surface area contributed by atoms with Crippen molar-refractivity contribution in [3.8, 4) is 0 Å². The third kappa shape index (κ3) is 3.19. The van der Waals surface area contributed by atoms with E-state index in [4.69, 9.17) is 0 Å². The van der Waals surface area contributed by atoms with Crippen LogP contribution in [0.15, 0.2) is 67.1 Å². The lowest BCUT2D eigenvalue weighted by Crippen LogP contribution is -2.16. The van der Waals surface area contributed by atoms with Crippen LogP contribution in [0.2, 0.25) is 0 Å². The summed E-state index contributed by atoms with van der Waals surface area (Å²) in [4.78, 5) is 8.45. The number of halogens is 1. The summed E-state index contributed by atoms with van der Waals surface area (Å²) in [6, 6.07) is 16.5. The maximum atomic E-state index is 14.4. The van der Waals surface area contributed by atoms with Crippen molar-refractivity contribution >= 4 is 16.9 Å². The molecular weight excluding hydrogens is 317 g/mol. The van der Waals surface area contributed by atoms with Gasteiger partial charge in [-0.2, -0.15) is 5.10 Å². The van der Waals surface area contributed by atoms with Crippen molar-refractivity contribution in [1.29, 1.82) is 0 Å². The standard InChI is InChI=1S/C19H16FN5/c20-16-9-5-4-8-14(16)17(10-13-6-2-1-3-7-13)24-18-15-11-23-25-19(15)22-12-21-18/h1-9,11-12,17H,10H2,(H2,21,22,23,24,25). The van der Waals surface area contributed by atoms with E-state index in [9.17, 15) is 4.39 Å². The molecule has 2 aromatic heterocycles. The first-order chi connectivity index (χ1) is 12.3. The van der Waals surface area contributed by atoms with Crippen LogP contribution in [0.5, 0.6) is 0 Å². The van der Waals surface area contributed by atoms with Gasteiger partial charge in [-0.3, -0.25) is 5.10 Å². The number of fused-ring (bicyclic) bond motifs is 1. The summed E-state index contributed by atoms with van der Waals surface area (Å²) in [7, 11) is 0. The molecule has 25 heavy (non-hydrogen) atoms. The van der Waals surface area contributed by atoms with Crippen molar-refractivity contribution in [2.75, 3.05) is 5.32 Å². The minimum Gasteiger partial charge on any atom is -0.362 e. The average Bonchev–Trinajstić information content (AvgIpc) is 3.12. The maximum Gasteiger partial charge on any atom is 0.160 e. The number of nitrogens with one attached hydrogen (secondary N) is 2. The van der Waals surface area contributed by atoms with Crippen LogP contribution in [0.3, 0.4) is 0 Å². The molecule has 0 amide bonds. The zero-order valence-corrected chi connectivity index (χ0v) is 13.4. The Morgan fingerprint density at radius 2 is 1.80 bits per heavy atom. The van der Waals surface area contributed by atoms with Gasteiger partial charge in [0.1, 0.15) is 18.0 Å². The van der Waals surface area contributed by atoms with Crippen LogP contribution < -0.4 is 5.32 Å². The summed E-state index contributed by atoms with van der Waals surface area (Å²) < 4.78 is 14.4. The van der Waals surface area contributed by atoms with E-state index >= 15 is 0 Å². The fourth-order valence-corrected chi connectivity index (χ4v) is 2.89. The predicted octanol–water partition coefficient (Wildman–Crippen LogP) is 3.89. The van der Waals surface area contributed by atoms with E-state index in [1.165, 1.54) is 12.4 Å². The maximum absolute atomic E-state index is 14.4. The van der Waals surface area contributed by atoms with Crippen LogP contribution >= 0.6 is 0 Å². The topological polar surface area (TPSA) is 66.5 Å². The van der Waals surface area contributed by atoms with Gasteiger partial charge in [0.05, 0.1) is 17.6 Å². The Bertz CT molecular complexity index is 983. The number of nitrogens with zero attached hydrogens (tertiary/aromatic N) is 3. The highest BCUT2D eigenvalue weighted by atomic mass is 19.1. The van der Waals surface area contributed by atoms with Crippen LogP contribution in [0, 0.1) is 5.82 Å². The largest absolute Gasteiger partial charge is 0.362 e.